The zero-order chi connectivity index (χ0) is 21.5. The molecule has 14 heteroatoms. The molecule has 3 unspecified atom stereocenters. The Morgan fingerprint density at radius 2 is 2.30 bits per heavy atom. The molecule has 2 amide bonds. The number of ether oxygens (including phenoxy) is 1. The van der Waals surface area contributed by atoms with Gasteiger partial charge in [-0.15, -0.1) is 34.9 Å². The first-order valence-electron chi connectivity index (χ1n) is 9.00. The number of fused-ring (bicyclic) bond motifs is 1. The second-order valence-corrected chi connectivity index (χ2v) is 10.7. The molecular formula is C16H19N5O6S3. The number of thiazole rings is 1. The van der Waals surface area contributed by atoms with Crippen LogP contribution < -0.4 is 11.1 Å². The number of anilines is 1. The van der Waals surface area contributed by atoms with E-state index in [0.717, 1.165) is 17.8 Å². The molecule has 0 aliphatic carbocycles. The van der Waals surface area contributed by atoms with E-state index in [9.17, 15) is 24.7 Å². The Labute approximate surface area is 183 Å². The summed E-state index contributed by atoms with van der Waals surface area (Å²) in [6.07, 6.45) is 0.783. The van der Waals surface area contributed by atoms with Crippen LogP contribution in [0.2, 0.25) is 0 Å². The summed E-state index contributed by atoms with van der Waals surface area (Å²) >= 11 is 3.75. The first kappa shape index (κ1) is 21.2. The number of amides is 2. The lowest BCUT2D eigenvalue weighted by Crippen LogP contribution is -2.75. The van der Waals surface area contributed by atoms with E-state index in [4.69, 9.17) is 10.5 Å². The number of aromatic nitrogens is 1. The molecule has 3 saturated heterocycles. The van der Waals surface area contributed by atoms with Gasteiger partial charge in [-0.2, -0.15) is 0 Å². The molecule has 1 aromatic heterocycles. The summed E-state index contributed by atoms with van der Waals surface area (Å²) in [6.45, 7) is 1.18. The molecule has 0 spiro atoms. The SMILES string of the molecule is Nc1nc(C(=NO)C(=O)NC2C(=O)N3CC(SC4CCOC4)(C(=O)O)CS[C@H]23)cs1. The van der Waals surface area contributed by atoms with Gasteiger partial charge >= 0.3 is 5.97 Å². The topological polar surface area (TPSA) is 167 Å². The fourth-order valence-electron chi connectivity index (χ4n) is 3.55. The maximum Gasteiger partial charge on any atom is 0.322 e. The van der Waals surface area contributed by atoms with Gasteiger partial charge in [0.2, 0.25) is 5.91 Å². The number of nitrogens with one attached hydrogen (secondary N) is 1. The molecule has 162 valence electrons. The van der Waals surface area contributed by atoms with Gasteiger partial charge in [-0.25, -0.2) is 4.98 Å². The van der Waals surface area contributed by atoms with E-state index in [1.54, 1.807) is 0 Å². The van der Waals surface area contributed by atoms with Crippen molar-refractivity contribution in [2.24, 2.45) is 5.16 Å². The fraction of sp³-hybridized carbons (Fsp3) is 0.562. The summed E-state index contributed by atoms with van der Waals surface area (Å²) in [5.41, 5.74) is 5.31. The second-order valence-electron chi connectivity index (χ2n) is 7.04. The molecule has 0 saturated carbocycles. The van der Waals surface area contributed by atoms with Crippen molar-refractivity contribution < 1.29 is 29.4 Å². The molecule has 0 radical (unpaired) electrons. The highest BCUT2D eigenvalue weighted by Gasteiger charge is 2.58. The van der Waals surface area contributed by atoms with Crippen LogP contribution in [-0.4, -0.2) is 90.6 Å². The summed E-state index contributed by atoms with van der Waals surface area (Å²) in [4.78, 5) is 42.6. The number of aliphatic carboxylic acids is 1. The molecule has 11 nitrogen and oxygen atoms in total. The van der Waals surface area contributed by atoms with Crippen molar-refractivity contribution in [3.8, 4) is 0 Å². The van der Waals surface area contributed by atoms with Crippen molar-refractivity contribution in [3.63, 3.8) is 0 Å². The van der Waals surface area contributed by atoms with E-state index in [1.165, 1.54) is 33.8 Å². The summed E-state index contributed by atoms with van der Waals surface area (Å²) in [7, 11) is 0. The number of rotatable bonds is 6. The van der Waals surface area contributed by atoms with E-state index in [1.807, 2.05) is 0 Å². The lowest BCUT2D eigenvalue weighted by molar-refractivity contribution is -0.151. The molecule has 3 aliphatic rings. The quantitative estimate of drug-likeness (QED) is 0.185. The summed E-state index contributed by atoms with van der Waals surface area (Å²) in [6, 6.07) is -0.832. The van der Waals surface area contributed by atoms with Crippen molar-refractivity contribution in [3.05, 3.63) is 11.1 Å². The van der Waals surface area contributed by atoms with Crippen molar-refractivity contribution in [2.45, 2.75) is 27.8 Å². The minimum atomic E-state index is -1.11. The van der Waals surface area contributed by atoms with Crippen LogP contribution in [0.5, 0.6) is 0 Å². The number of β-lactam (4-membered cyclic amide) rings is 1. The number of carbonyl (C=O) groups excluding carboxylic acids is 2. The van der Waals surface area contributed by atoms with Crippen LogP contribution in [0.3, 0.4) is 0 Å². The molecule has 3 aliphatic heterocycles. The van der Waals surface area contributed by atoms with Gasteiger partial charge < -0.3 is 31.0 Å². The Balaban J connectivity index is 1.42. The predicted octanol–water partition coefficient (Wildman–Crippen LogP) is -0.351. The lowest BCUT2D eigenvalue weighted by Gasteiger charge is -2.53. The van der Waals surface area contributed by atoms with Gasteiger partial charge in [0.25, 0.3) is 5.91 Å². The average molecular weight is 474 g/mol. The number of carboxylic acids is 1. The van der Waals surface area contributed by atoms with E-state index in [0.29, 0.717) is 19.0 Å². The standard InChI is InChI=1S/C16H19N5O6S3/c17-15-18-8(4-28-15)9(20-26)11(22)19-10-12(23)21-5-16(14(24)25,6-29-13(10)21)30-7-1-2-27-3-7/h4,7,10,13,26H,1-3,5-6H2,(H2,17,18)(H,19,22)(H,24,25)/t7?,10?,13-,16?/m1/s1. The Morgan fingerprint density at radius 3 is 2.90 bits per heavy atom. The third kappa shape index (κ3) is 3.72. The summed E-state index contributed by atoms with van der Waals surface area (Å²) < 4.78 is 4.23. The molecule has 5 N–H and O–H groups in total. The van der Waals surface area contributed by atoms with Gasteiger partial charge in [0.15, 0.2) is 10.8 Å². The molecule has 30 heavy (non-hydrogen) atoms. The largest absolute Gasteiger partial charge is 0.480 e. The van der Waals surface area contributed by atoms with Crippen LogP contribution >= 0.6 is 34.9 Å². The Kier molecular flexibility index (Phi) is 5.83. The van der Waals surface area contributed by atoms with Crippen LogP contribution in [0.25, 0.3) is 0 Å². The van der Waals surface area contributed by atoms with Crippen LogP contribution in [-0.2, 0) is 19.1 Å². The van der Waals surface area contributed by atoms with Gasteiger partial charge in [-0.3, -0.25) is 14.4 Å². The number of hydrogen-bond donors (Lipinski definition) is 4. The van der Waals surface area contributed by atoms with E-state index in [-0.39, 0.29) is 39.6 Å². The maximum absolute atomic E-state index is 12.7. The lowest BCUT2D eigenvalue weighted by atomic mass is 10.0. The molecule has 4 heterocycles. The first-order valence-corrected chi connectivity index (χ1v) is 11.8. The monoisotopic (exact) mass is 473 g/mol. The van der Waals surface area contributed by atoms with Crippen LogP contribution in [0, 0.1) is 0 Å². The van der Waals surface area contributed by atoms with E-state index >= 15 is 0 Å². The summed E-state index contributed by atoms with van der Waals surface area (Å²) in [5.74, 6) is -1.78. The van der Waals surface area contributed by atoms with E-state index < -0.39 is 22.7 Å². The first-order chi connectivity index (χ1) is 14.3. The molecule has 0 aromatic carbocycles. The third-order valence-electron chi connectivity index (χ3n) is 5.09. The van der Waals surface area contributed by atoms with Crippen LogP contribution in [0.4, 0.5) is 5.13 Å². The minimum Gasteiger partial charge on any atom is -0.480 e. The van der Waals surface area contributed by atoms with Gasteiger partial charge in [0.1, 0.15) is 21.9 Å². The third-order valence-corrected chi connectivity index (χ3v) is 9.08. The number of carbonyl (C=O) groups is 3. The number of hydrogen-bond acceptors (Lipinski definition) is 11. The van der Waals surface area contributed by atoms with Crippen molar-refractivity contribution in [1.82, 2.24) is 15.2 Å². The van der Waals surface area contributed by atoms with Crippen LogP contribution in [0.15, 0.2) is 10.5 Å². The zero-order valence-corrected chi connectivity index (χ0v) is 18.0. The Bertz CT molecular complexity index is 904. The van der Waals surface area contributed by atoms with Crippen molar-refractivity contribution >= 4 is 63.5 Å². The predicted molar refractivity (Wildman–Crippen MR) is 112 cm³/mol. The normalized spacial score (nSPS) is 31.2. The number of thioether (sulfide) groups is 2. The highest BCUT2D eigenvalue weighted by atomic mass is 32.2. The molecule has 4 atom stereocenters. The number of nitrogen functional groups attached to an aromatic ring is 1. The molecule has 4 rings (SSSR count). The number of nitrogens with zero attached hydrogens (tertiary/aromatic N) is 3. The highest BCUT2D eigenvalue weighted by molar-refractivity contribution is 8.05. The second kappa shape index (κ2) is 8.24. The Morgan fingerprint density at radius 1 is 1.50 bits per heavy atom. The number of carboxylic acid groups (broad SMARTS) is 1. The van der Waals surface area contributed by atoms with Gasteiger partial charge in [-0.1, -0.05) is 5.16 Å². The molecule has 0 bridgehead atoms. The highest BCUT2D eigenvalue weighted by Crippen LogP contribution is 2.46. The smallest absolute Gasteiger partial charge is 0.322 e. The number of oxime groups is 1. The minimum absolute atomic E-state index is 0.0654. The van der Waals surface area contributed by atoms with E-state index in [2.05, 4.69) is 15.5 Å². The van der Waals surface area contributed by atoms with Gasteiger partial charge in [0.05, 0.1) is 6.61 Å². The average Bonchev–Trinajstić information content (AvgIpc) is 3.38. The molecular weight excluding hydrogens is 454 g/mol. The maximum atomic E-state index is 12.7. The fourth-order valence-corrected chi connectivity index (χ4v) is 7.29. The summed E-state index contributed by atoms with van der Waals surface area (Å²) in [5, 5.41) is 26.0. The molecule has 3 fully saturated rings. The van der Waals surface area contributed by atoms with Crippen molar-refractivity contribution in [2.75, 3.05) is 31.2 Å². The van der Waals surface area contributed by atoms with Gasteiger partial charge in [0, 0.05) is 29.5 Å². The zero-order valence-electron chi connectivity index (χ0n) is 15.5. The molecule has 1 aromatic rings. The van der Waals surface area contributed by atoms with Gasteiger partial charge in [-0.05, 0) is 6.42 Å². The Hall–Kier alpha value is -2.03. The van der Waals surface area contributed by atoms with Crippen LogP contribution in [0.1, 0.15) is 12.1 Å². The van der Waals surface area contributed by atoms with Crippen molar-refractivity contribution in [1.29, 1.82) is 0 Å². The number of nitrogens with two attached hydrogens (primary N) is 1.